The second-order valence-corrected chi connectivity index (χ2v) is 9.01. The van der Waals surface area contributed by atoms with E-state index in [-0.39, 0.29) is 0 Å². The highest BCUT2D eigenvalue weighted by Crippen LogP contribution is 2.38. The summed E-state index contributed by atoms with van der Waals surface area (Å²) in [5.74, 6) is 1.69. The van der Waals surface area contributed by atoms with Crippen LogP contribution in [-0.2, 0) is 16.9 Å². The van der Waals surface area contributed by atoms with Gasteiger partial charge in [-0.15, -0.1) is 0 Å². The average Bonchev–Trinajstić information content (AvgIpc) is 3.24. The van der Waals surface area contributed by atoms with E-state index in [1.54, 1.807) is 0 Å². The van der Waals surface area contributed by atoms with Crippen LogP contribution in [0.3, 0.4) is 0 Å². The third kappa shape index (κ3) is 4.15. The zero-order chi connectivity index (χ0) is 22.1. The van der Waals surface area contributed by atoms with Crippen LogP contribution in [0.5, 0.6) is 0 Å². The van der Waals surface area contributed by atoms with Crippen molar-refractivity contribution < 1.29 is 9.84 Å². The zero-order valence-corrected chi connectivity index (χ0v) is 18.6. The normalized spacial score (nSPS) is 23.4. The van der Waals surface area contributed by atoms with Crippen molar-refractivity contribution in [3.05, 3.63) is 42.0 Å². The van der Waals surface area contributed by atoms with Gasteiger partial charge in [0.25, 0.3) is 0 Å². The molecule has 0 bridgehead atoms. The molecule has 32 heavy (non-hydrogen) atoms. The largest absolute Gasteiger partial charge is 0.385 e. The molecule has 0 saturated carbocycles. The van der Waals surface area contributed by atoms with Gasteiger partial charge in [-0.3, -0.25) is 0 Å². The number of anilines is 2. The lowest BCUT2D eigenvalue weighted by molar-refractivity contribution is -0.0669. The summed E-state index contributed by atoms with van der Waals surface area (Å²) in [5, 5.41) is 19.1. The fourth-order valence-electron chi connectivity index (χ4n) is 4.87. The third-order valence-electron chi connectivity index (χ3n) is 6.40. The number of aliphatic hydroxyl groups is 1. The Morgan fingerprint density at radius 1 is 1.19 bits per heavy atom. The first kappa shape index (κ1) is 21.1. The van der Waals surface area contributed by atoms with E-state index in [9.17, 15) is 5.11 Å². The van der Waals surface area contributed by atoms with Gasteiger partial charge in [-0.1, -0.05) is 6.07 Å². The van der Waals surface area contributed by atoms with Crippen LogP contribution in [0.15, 0.2) is 30.7 Å². The number of nitrogens with zero attached hydrogens (tertiary/aromatic N) is 4. The van der Waals surface area contributed by atoms with Gasteiger partial charge in [-0.25, -0.2) is 15.0 Å². The molecular formula is C23H31N7O2. The molecule has 2 aliphatic rings. The van der Waals surface area contributed by atoms with Crippen molar-refractivity contribution in [2.24, 2.45) is 0 Å². The molecule has 0 unspecified atom stereocenters. The van der Waals surface area contributed by atoms with E-state index in [0.717, 1.165) is 35.6 Å². The quantitative estimate of drug-likeness (QED) is 0.481. The molecule has 9 heteroatoms. The summed E-state index contributed by atoms with van der Waals surface area (Å²) in [7, 11) is 0. The molecule has 0 aliphatic carbocycles. The van der Waals surface area contributed by atoms with Crippen molar-refractivity contribution in [1.82, 2.24) is 25.3 Å². The van der Waals surface area contributed by atoms with Gasteiger partial charge in [0.1, 0.15) is 23.6 Å². The standard InChI is InChI=1S/C23H31N7O2/c1-15-12-30(13-16(2)28-15)19-5-3-4-17(29-19)10-24-21-20-18(11-25-22(20)27-14-26-21)23(31)6-8-32-9-7-23/h3-5,11,14-16,28,31H,6-10,12-13H2,1-2H3,(H2,24,25,26,27)/t15-,16+. The van der Waals surface area contributed by atoms with Gasteiger partial charge >= 0.3 is 0 Å². The van der Waals surface area contributed by atoms with Gasteiger partial charge < -0.3 is 30.4 Å². The van der Waals surface area contributed by atoms with Crippen LogP contribution in [0.25, 0.3) is 11.0 Å². The Labute approximate surface area is 187 Å². The molecule has 3 aromatic heterocycles. The van der Waals surface area contributed by atoms with E-state index in [1.807, 2.05) is 12.3 Å². The monoisotopic (exact) mass is 437 g/mol. The highest BCUT2D eigenvalue weighted by Gasteiger charge is 2.35. The summed E-state index contributed by atoms with van der Waals surface area (Å²) >= 11 is 0. The minimum absolute atomic E-state index is 0.430. The molecule has 5 rings (SSSR count). The van der Waals surface area contributed by atoms with Crippen LogP contribution in [0.4, 0.5) is 11.6 Å². The molecule has 2 aliphatic heterocycles. The number of pyridine rings is 1. The molecule has 2 saturated heterocycles. The lowest BCUT2D eigenvalue weighted by Gasteiger charge is -2.37. The smallest absolute Gasteiger partial charge is 0.143 e. The van der Waals surface area contributed by atoms with Gasteiger partial charge in [0.05, 0.1) is 23.2 Å². The fourth-order valence-corrected chi connectivity index (χ4v) is 4.87. The lowest BCUT2D eigenvalue weighted by Crippen LogP contribution is -2.54. The maximum atomic E-state index is 11.3. The van der Waals surface area contributed by atoms with Crippen LogP contribution < -0.4 is 15.5 Å². The molecule has 170 valence electrons. The molecule has 0 amide bonds. The summed E-state index contributed by atoms with van der Waals surface area (Å²) in [6, 6.07) is 7.01. The lowest BCUT2D eigenvalue weighted by atomic mass is 9.86. The van der Waals surface area contributed by atoms with Crippen molar-refractivity contribution in [3.8, 4) is 0 Å². The summed E-state index contributed by atoms with van der Waals surface area (Å²) in [6.45, 7) is 7.90. The minimum atomic E-state index is -0.939. The molecule has 0 radical (unpaired) electrons. The van der Waals surface area contributed by atoms with Crippen molar-refractivity contribution in [3.63, 3.8) is 0 Å². The van der Waals surface area contributed by atoms with E-state index in [0.29, 0.717) is 56.1 Å². The second-order valence-electron chi connectivity index (χ2n) is 9.01. The third-order valence-corrected chi connectivity index (χ3v) is 6.40. The SMILES string of the molecule is C[C@@H]1CN(c2cccc(CNc3ncnc4[nH]cc(C5(O)CCOCC5)c34)n2)C[C@H](C)N1. The molecule has 3 aromatic rings. The van der Waals surface area contributed by atoms with Crippen molar-refractivity contribution in [2.45, 2.75) is 50.9 Å². The Balaban J connectivity index is 1.37. The first-order valence-corrected chi connectivity index (χ1v) is 11.4. The van der Waals surface area contributed by atoms with Gasteiger partial charge in [-0.05, 0) is 26.0 Å². The zero-order valence-electron chi connectivity index (χ0n) is 18.6. The first-order valence-electron chi connectivity index (χ1n) is 11.4. The van der Waals surface area contributed by atoms with Crippen LogP contribution in [0.1, 0.15) is 37.9 Å². The number of aromatic amines is 1. The summed E-state index contributed by atoms with van der Waals surface area (Å²) in [5.41, 5.74) is 1.54. The van der Waals surface area contributed by atoms with Crippen molar-refractivity contribution >= 4 is 22.7 Å². The maximum absolute atomic E-state index is 11.3. The molecule has 2 atom stereocenters. The predicted molar refractivity (Wildman–Crippen MR) is 124 cm³/mol. The van der Waals surface area contributed by atoms with E-state index in [4.69, 9.17) is 9.72 Å². The maximum Gasteiger partial charge on any atom is 0.143 e. The predicted octanol–water partition coefficient (Wildman–Crippen LogP) is 2.15. The van der Waals surface area contributed by atoms with Crippen LogP contribution in [-0.4, -0.2) is 63.4 Å². The Morgan fingerprint density at radius 2 is 1.97 bits per heavy atom. The average molecular weight is 438 g/mol. The number of rotatable bonds is 5. The molecule has 5 heterocycles. The number of piperazine rings is 1. The molecule has 0 spiro atoms. The van der Waals surface area contributed by atoms with E-state index in [2.05, 4.69) is 56.5 Å². The molecule has 0 aromatic carbocycles. The number of hydrogen-bond acceptors (Lipinski definition) is 8. The number of H-pyrrole nitrogens is 1. The number of ether oxygens (including phenoxy) is 1. The number of hydrogen-bond donors (Lipinski definition) is 4. The van der Waals surface area contributed by atoms with Crippen LogP contribution >= 0.6 is 0 Å². The number of aromatic nitrogens is 4. The van der Waals surface area contributed by atoms with Crippen LogP contribution in [0, 0.1) is 0 Å². The fraction of sp³-hybridized carbons (Fsp3) is 0.522. The Hall–Kier alpha value is -2.75. The minimum Gasteiger partial charge on any atom is -0.385 e. The van der Waals surface area contributed by atoms with E-state index < -0.39 is 5.60 Å². The first-order chi connectivity index (χ1) is 15.5. The Morgan fingerprint density at radius 3 is 2.75 bits per heavy atom. The van der Waals surface area contributed by atoms with Crippen LogP contribution in [0.2, 0.25) is 0 Å². The number of nitrogens with one attached hydrogen (secondary N) is 3. The van der Waals surface area contributed by atoms with Gasteiger partial charge in [0, 0.05) is 63.0 Å². The highest BCUT2D eigenvalue weighted by molar-refractivity contribution is 5.91. The molecule has 4 N–H and O–H groups in total. The van der Waals surface area contributed by atoms with Gasteiger partial charge in [-0.2, -0.15) is 0 Å². The Kier molecular flexibility index (Phi) is 5.71. The molecule has 9 nitrogen and oxygen atoms in total. The topological polar surface area (TPSA) is 111 Å². The highest BCUT2D eigenvalue weighted by atomic mass is 16.5. The summed E-state index contributed by atoms with van der Waals surface area (Å²) in [6.07, 6.45) is 4.49. The van der Waals surface area contributed by atoms with Gasteiger partial charge in [0.15, 0.2) is 0 Å². The second kappa shape index (κ2) is 8.65. The number of fused-ring (bicyclic) bond motifs is 1. The van der Waals surface area contributed by atoms with E-state index in [1.165, 1.54) is 6.33 Å². The Bertz CT molecular complexity index is 1070. The summed E-state index contributed by atoms with van der Waals surface area (Å²) in [4.78, 5) is 19.3. The van der Waals surface area contributed by atoms with E-state index >= 15 is 0 Å². The molecule has 2 fully saturated rings. The van der Waals surface area contributed by atoms with Gasteiger partial charge in [0.2, 0.25) is 0 Å². The van der Waals surface area contributed by atoms with Crippen molar-refractivity contribution in [1.29, 1.82) is 0 Å². The molecular weight excluding hydrogens is 406 g/mol. The van der Waals surface area contributed by atoms with Crippen molar-refractivity contribution in [2.75, 3.05) is 36.5 Å². The summed E-state index contributed by atoms with van der Waals surface area (Å²) < 4.78 is 5.45.